The van der Waals surface area contributed by atoms with Gasteiger partial charge in [0, 0.05) is 61.9 Å². The van der Waals surface area contributed by atoms with Crippen LogP contribution in [0.1, 0.15) is 25.3 Å². The molecular weight excluding hydrogens is 351 g/mol. The van der Waals surface area contributed by atoms with Gasteiger partial charge in [0.1, 0.15) is 13.2 Å². The summed E-state index contributed by atoms with van der Waals surface area (Å²) in [6.07, 6.45) is 3.61. The van der Waals surface area contributed by atoms with Crippen molar-refractivity contribution in [2.45, 2.75) is 19.8 Å². The summed E-state index contributed by atoms with van der Waals surface area (Å²) in [6.45, 7) is 4.45. The van der Waals surface area contributed by atoms with E-state index in [1.807, 2.05) is 13.1 Å². The summed E-state index contributed by atoms with van der Waals surface area (Å²) in [7, 11) is 1.80. The maximum Gasteiger partial charge on any atom is 0.232 e. The lowest BCUT2D eigenvalue weighted by molar-refractivity contribution is -0.119. The van der Waals surface area contributed by atoms with Crippen LogP contribution < -0.4 is 14.8 Å². The Hall–Kier alpha value is -3.03. The molecule has 2 aromatic heterocycles. The normalized spacial score (nSPS) is 12.1. The first-order valence-electron chi connectivity index (χ1n) is 8.74. The molecule has 8 heteroatoms. The van der Waals surface area contributed by atoms with Crippen LogP contribution in [-0.2, 0) is 11.8 Å². The summed E-state index contributed by atoms with van der Waals surface area (Å²) in [6, 6.07) is 4.84. The molecule has 0 saturated heterocycles. The summed E-state index contributed by atoms with van der Waals surface area (Å²) in [4.78, 5) is 14.2. The summed E-state index contributed by atoms with van der Waals surface area (Å²) < 4.78 is 26.9. The van der Waals surface area contributed by atoms with Gasteiger partial charge in [-0.15, -0.1) is 5.10 Å². The number of carbonyl (C=O) groups is 1. The van der Waals surface area contributed by atoms with Crippen LogP contribution in [0.25, 0.3) is 10.9 Å². The van der Waals surface area contributed by atoms with Gasteiger partial charge in [-0.2, -0.15) is 0 Å². The topological polar surface area (TPSA) is 81.2 Å². The standard InChI is InChI=1S/C19H23FN4O3/c1-12(10-21-13(2)25)15-11-22-17-9-16(20)18(8-14(15)17)26-6-7-27-19-4-5-24(3)23-19/h4-5,8-9,11-12,22H,6-7,10H2,1-3H3,(H,21,25)/t12-/m0/s1. The molecule has 0 saturated carbocycles. The number of aryl methyl sites for hydroxylation is 1. The highest BCUT2D eigenvalue weighted by Gasteiger charge is 2.15. The third-order valence-electron chi connectivity index (χ3n) is 4.23. The third kappa shape index (κ3) is 4.58. The Balaban J connectivity index is 1.66. The highest BCUT2D eigenvalue weighted by Crippen LogP contribution is 2.30. The summed E-state index contributed by atoms with van der Waals surface area (Å²) >= 11 is 0. The first kappa shape index (κ1) is 18.8. The van der Waals surface area contributed by atoms with Crippen LogP contribution >= 0.6 is 0 Å². The predicted molar refractivity (Wildman–Crippen MR) is 99.6 cm³/mol. The number of fused-ring (bicyclic) bond motifs is 1. The molecule has 0 radical (unpaired) electrons. The Morgan fingerprint density at radius 1 is 1.37 bits per heavy atom. The first-order valence-corrected chi connectivity index (χ1v) is 8.74. The molecular formula is C19H23FN4O3. The van der Waals surface area contributed by atoms with Crippen molar-refractivity contribution in [2.75, 3.05) is 19.8 Å². The van der Waals surface area contributed by atoms with Crippen LogP contribution in [0.5, 0.6) is 11.6 Å². The number of nitrogens with one attached hydrogen (secondary N) is 2. The molecule has 2 N–H and O–H groups in total. The number of ether oxygens (including phenoxy) is 2. The molecule has 0 unspecified atom stereocenters. The third-order valence-corrected chi connectivity index (χ3v) is 4.23. The highest BCUT2D eigenvalue weighted by atomic mass is 19.1. The summed E-state index contributed by atoms with van der Waals surface area (Å²) in [5, 5.41) is 7.77. The second-order valence-corrected chi connectivity index (χ2v) is 6.43. The van der Waals surface area contributed by atoms with Crippen molar-refractivity contribution in [1.29, 1.82) is 0 Å². The Morgan fingerprint density at radius 3 is 2.85 bits per heavy atom. The second kappa shape index (κ2) is 8.11. The summed E-state index contributed by atoms with van der Waals surface area (Å²) in [5.74, 6) is 0.220. The summed E-state index contributed by atoms with van der Waals surface area (Å²) in [5.41, 5.74) is 1.68. The molecule has 0 aliphatic rings. The number of carbonyl (C=O) groups excluding carboxylic acids is 1. The van der Waals surface area contributed by atoms with E-state index in [0.717, 1.165) is 10.9 Å². The minimum absolute atomic E-state index is 0.0773. The molecule has 7 nitrogen and oxygen atoms in total. The van der Waals surface area contributed by atoms with E-state index in [1.54, 1.807) is 30.1 Å². The van der Waals surface area contributed by atoms with Crippen LogP contribution in [-0.4, -0.2) is 40.4 Å². The molecule has 0 spiro atoms. The molecule has 0 bridgehead atoms. The lowest BCUT2D eigenvalue weighted by atomic mass is 10.0. The monoisotopic (exact) mass is 374 g/mol. The minimum atomic E-state index is -0.441. The van der Waals surface area contributed by atoms with Gasteiger partial charge in [0.2, 0.25) is 11.8 Å². The van der Waals surface area contributed by atoms with Crippen molar-refractivity contribution in [3.8, 4) is 11.6 Å². The molecule has 0 fully saturated rings. The molecule has 2 heterocycles. The number of amides is 1. The van der Waals surface area contributed by atoms with Gasteiger partial charge in [0.05, 0.1) is 0 Å². The Bertz CT molecular complexity index is 934. The van der Waals surface area contributed by atoms with E-state index in [1.165, 1.54) is 13.0 Å². The molecule has 3 aromatic rings. The fourth-order valence-electron chi connectivity index (χ4n) is 2.84. The number of hydrogen-bond acceptors (Lipinski definition) is 4. The van der Waals surface area contributed by atoms with Crippen molar-refractivity contribution >= 4 is 16.8 Å². The van der Waals surface area contributed by atoms with E-state index in [2.05, 4.69) is 15.4 Å². The SMILES string of the molecule is CC(=O)NC[C@H](C)c1c[nH]c2cc(F)c(OCCOc3ccn(C)n3)cc12. The molecule has 0 aliphatic carbocycles. The number of hydrogen-bond donors (Lipinski definition) is 2. The number of nitrogens with zero attached hydrogens (tertiary/aromatic N) is 2. The molecule has 0 aliphatic heterocycles. The number of aromatic amines is 1. The van der Waals surface area contributed by atoms with E-state index in [9.17, 15) is 9.18 Å². The maximum absolute atomic E-state index is 14.3. The zero-order valence-electron chi connectivity index (χ0n) is 15.6. The van der Waals surface area contributed by atoms with Crippen molar-refractivity contribution in [3.63, 3.8) is 0 Å². The molecule has 144 valence electrons. The maximum atomic E-state index is 14.3. The Morgan fingerprint density at radius 2 is 2.15 bits per heavy atom. The first-order chi connectivity index (χ1) is 12.9. The zero-order valence-corrected chi connectivity index (χ0v) is 15.6. The lowest BCUT2D eigenvalue weighted by Gasteiger charge is -2.12. The quantitative estimate of drug-likeness (QED) is 0.594. The van der Waals surface area contributed by atoms with Gasteiger partial charge in [-0.3, -0.25) is 9.48 Å². The molecule has 1 aromatic carbocycles. The number of benzene rings is 1. The van der Waals surface area contributed by atoms with Crippen molar-refractivity contribution < 1.29 is 18.7 Å². The van der Waals surface area contributed by atoms with Crippen LogP contribution in [0, 0.1) is 5.82 Å². The van der Waals surface area contributed by atoms with E-state index in [-0.39, 0.29) is 30.8 Å². The number of aromatic nitrogens is 3. The van der Waals surface area contributed by atoms with Gasteiger partial charge in [0.15, 0.2) is 11.6 Å². The van der Waals surface area contributed by atoms with E-state index >= 15 is 0 Å². The number of H-pyrrole nitrogens is 1. The molecule has 3 rings (SSSR count). The fourth-order valence-corrected chi connectivity index (χ4v) is 2.84. The van der Waals surface area contributed by atoms with Crippen molar-refractivity contribution in [1.82, 2.24) is 20.1 Å². The van der Waals surface area contributed by atoms with Gasteiger partial charge >= 0.3 is 0 Å². The van der Waals surface area contributed by atoms with Gasteiger partial charge < -0.3 is 19.8 Å². The van der Waals surface area contributed by atoms with Crippen LogP contribution in [0.2, 0.25) is 0 Å². The second-order valence-electron chi connectivity index (χ2n) is 6.43. The van der Waals surface area contributed by atoms with Gasteiger partial charge in [-0.25, -0.2) is 4.39 Å². The smallest absolute Gasteiger partial charge is 0.232 e. The van der Waals surface area contributed by atoms with Gasteiger partial charge in [0.25, 0.3) is 0 Å². The van der Waals surface area contributed by atoms with Gasteiger partial charge in [-0.1, -0.05) is 6.92 Å². The van der Waals surface area contributed by atoms with Crippen molar-refractivity contribution in [3.05, 3.63) is 42.0 Å². The van der Waals surface area contributed by atoms with Crippen LogP contribution in [0.3, 0.4) is 0 Å². The Kier molecular flexibility index (Phi) is 5.63. The van der Waals surface area contributed by atoms with Gasteiger partial charge in [-0.05, 0) is 11.6 Å². The molecule has 1 atom stereocenters. The van der Waals surface area contributed by atoms with E-state index in [0.29, 0.717) is 17.9 Å². The predicted octanol–water partition coefficient (Wildman–Crippen LogP) is 2.74. The Labute approximate surface area is 156 Å². The largest absolute Gasteiger partial charge is 0.487 e. The van der Waals surface area contributed by atoms with Crippen molar-refractivity contribution in [2.24, 2.45) is 7.05 Å². The minimum Gasteiger partial charge on any atom is -0.487 e. The lowest BCUT2D eigenvalue weighted by Crippen LogP contribution is -2.24. The molecule has 27 heavy (non-hydrogen) atoms. The average Bonchev–Trinajstić information content (AvgIpc) is 3.22. The molecule has 1 amide bonds. The van der Waals surface area contributed by atoms with Crippen LogP contribution in [0.15, 0.2) is 30.6 Å². The van der Waals surface area contributed by atoms with E-state index < -0.39 is 5.82 Å². The van der Waals surface area contributed by atoms with Crippen LogP contribution in [0.4, 0.5) is 4.39 Å². The van der Waals surface area contributed by atoms with E-state index in [4.69, 9.17) is 9.47 Å². The number of halogens is 1. The average molecular weight is 374 g/mol. The number of rotatable bonds is 8. The fraction of sp³-hybridized carbons (Fsp3) is 0.368. The highest BCUT2D eigenvalue weighted by molar-refractivity contribution is 5.85. The zero-order chi connectivity index (χ0) is 19.4.